The lowest BCUT2D eigenvalue weighted by Gasteiger charge is -2.38. The maximum absolute atomic E-state index is 10.9. The number of hydrogen-bond acceptors (Lipinski definition) is 3. The molecule has 1 heterocycles. The largest absolute Gasteiger partial charge is 0.478 e. The number of carboxylic acid groups (broad SMARTS) is 1. The van der Waals surface area contributed by atoms with Crippen LogP contribution in [0.15, 0.2) is 24.3 Å². The zero-order valence-corrected chi connectivity index (χ0v) is 11.6. The zero-order chi connectivity index (χ0) is 13.9. The van der Waals surface area contributed by atoms with Gasteiger partial charge in [0.2, 0.25) is 0 Å². The summed E-state index contributed by atoms with van der Waals surface area (Å²) in [5.41, 5.74) is 1.52. The average Bonchev–Trinajstić information content (AvgIpc) is 2.41. The number of likely N-dealkylation sites (tertiary alicyclic amines) is 1. The van der Waals surface area contributed by atoms with Crippen LogP contribution in [-0.2, 0) is 0 Å². The highest BCUT2D eigenvalue weighted by atomic mass is 16.4. The quantitative estimate of drug-likeness (QED) is 0.875. The molecule has 0 bridgehead atoms. The van der Waals surface area contributed by atoms with Gasteiger partial charge in [0.25, 0.3) is 0 Å². The highest BCUT2D eigenvalue weighted by Gasteiger charge is 2.28. The predicted molar refractivity (Wildman–Crippen MR) is 76.7 cm³/mol. The summed E-state index contributed by atoms with van der Waals surface area (Å²) in [4.78, 5) is 13.3. The third-order valence-corrected chi connectivity index (χ3v) is 4.02. The second kappa shape index (κ2) is 5.61. The molecule has 2 rings (SSSR count). The van der Waals surface area contributed by atoms with Gasteiger partial charge in [-0.2, -0.15) is 0 Å². The Kier molecular flexibility index (Phi) is 4.10. The maximum atomic E-state index is 10.9. The molecule has 19 heavy (non-hydrogen) atoms. The van der Waals surface area contributed by atoms with E-state index in [0.717, 1.165) is 25.3 Å². The van der Waals surface area contributed by atoms with Crippen molar-refractivity contribution >= 4 is 11.7 Å². The monoisotopic (exact) mass is 262 g/mol. The third-order valence-electron chi connectivity index (χ3n) is 4.02. The number of benzene rings is 1. The minimum atomic E-state index is -0.880. The van der Waals surface area contributed by atoms with E-state index in [1.807, 2.05) is 6.07 Å². The number of carbonyl (C=O) groups is 1. The van der Waals surface area contributed by atoms with Crippen LogP contribution >= 0.6 is 0 Å². The molecular formula is C15H22N2O2. The molecule has 0 saturated carbocycles. The summed E-state index contributed by atoms with van der Waals surface area (Å²) in [6.45, 7) is 5.46. The van der Waals surface area contributed by atoms with E-state index in [2.05, 4.69) is 24.2 Å². The van der Waals surface area contributed by atoms with Crippen LogP contribution < -0.4 is 5.32 Å². The Morgan fingerprint density at radius 1 is 1.42 bits per heavy atom. The highest BCUT2D eigenvalue weighted by Crippen LogP contribution is 2.30. The van der Waals surface area contributed by atoms with Gasteiger partial charge >= 0.3 is 5.97 Å². The lowest BCUT2D eigenvalue weighted by atomic mass is 9.80. The standard InChI is InChI=1S/C15H22N2O2/c1-15(6-8-17(2)9-7-15)11-16-13-5-3-4-12(10-13)14(18)19/h3-5,10,16H,6-9,11H2,1-2H3,(H,18,19). The van der Waals surface area contributed by atoms with Gasteiger partial charge in [-0.05, 0) is 56.6 Å². The van der Waals surface area contributed by atoms with Gasteiger partial charge in [0.1, 0.15) is 0 Å². The molecule has 1 aliphatic rings. The lowest BCUT2D eigenvalue weighted by Crippen LogP contribution is -2.40. The Balaban J connectivity index is 1.95. The van der Waals surface area contributed by atoms with Crippen molar-refractivity contribution in [3.05, 3.63) is 29.8 Å². The van der Waals surface area contributed by atoms with Gasteiger partial charge in [-0.25, -0.2) is 4.79 Å². The first-order valence-electron chi connectivity index (χ1n) is 6.74. The van der Waals surface area contributed by atoms with Crippen LogP contribution in [-0.4, -0.2) is 42.7 Å². The van der Waals surface area contributed by atoms with Gasteiger partial charge in [-0.15, -0.1) is 0 Å². The van der Waals surface area contributed by atoms with Crippen LogP contribution in [0.2, 0.25) is 0 Å². The molecule has 0 amide bonds. The summed E-state index contributed by atoms with van der Waals surface area (Å²) < 4.78 is 0. The smallest absolute Gasteiger partial charge is 0.335 e. The molecule has 0 aliphatic carbocycles. The Labute approximate surface area is 114 Å². The number of rotatable bonds is 4. The van der Waals surface area contributed by atoms with Gasteiger partial charge in [0, 0.05) is 12.2 Å². The Bertz CT molecular complexity index is 451. The highest BCUT2D eigenvalue weighted by molar-refractivity contribution is 5.88. The predicted octanol–water partition coefficient (Wildman–Crippen LogP) is 2.53. The number of anilines is 1. The van der Waals surface area contributed by atoms with Crippen molar-refractivity contribution < 1.29 is 9.90 Å². The molecule has 0 atom stereocenters. The Morgan fingerprint density at radius 3 is 2.74 bits per heavy atom. The summed E-state index contributed by atoms with van der Waals surface area (Å²) in [6, 6.07) is 7.01. The summed E-state index contributed by atoms with van der Waals surface area (Å²) in [6.07, 6.45) is 2.35. The van der Waals surface area contributed by atoms with Crippen molar-refractivity contribution in [1.82, 2.24) is 4.90 Å². The molecule has 0 radical (unpaired) electrons. The fourth-order valence-corrected chi connectivity index (χ4v) is 2.41. The Morgan fingerprint density at radius 2 is 2.11 bits per heavy atom. The molecule has 4 heteroatoms. The van der Waals surface area contributed by atoms with Gasteiger partial charge < -0.3 is 15.3 Å². The number of aromatic carboxylic acids is 1. The first-order chi connectivity index (χ1) is 8.98. The molecule has 0 spiro atoms. The molecule has 0 aromatic heterocycles. The van der Waals surface area contributed by atoms with E-state index in [0.29, 0.717) is 11.0 Å². The molecule has 1 aromatic rings. The first-order valence-corrected chi connectivity index (χ1v) is 6.74. The molecule has 0 unspecified atom stereocenters. The molecule has 1 saturated heterocycles. The molecule has 104 valence electrons. The average molecular weight is 262 g/mol. The number of carboxylic acids is 1. The zero-order valence-electron chi connectivity index (χ0n) is 11.6. The van der Waals surface area contributed by atoms with Crippen molar-refractivity contribution in [2.45, 2.75) is 19.8 Å². The summed E-state index contributed by atoms with van der Waals surface area (Å²) >= 11 is 0. The SMILES string of the molecule is CN1CCC(C)(CNc2cccc(C(=O)O)c2)CC1. The normalized spacial score (nSPS) is 19.1. The molecule has 4 nitrogen and oxygen atoms in total. The van der Waals surface area contributed by atoms with Crippen molar-refractivity contribution in [3.8, 4) is 0 Å². The molecular weight excluding hydrogens is 240 g/mol. The third kappa shape index (κ3) is 3.70. The molecule has 1 aromatic carbocycles. The van der Waals surface area contributed by atoms with Crippen molar-refractivity contribution in [3.63, 3.8) is 0 Å². The van der Waals surface area contributed by atoms with Gasteiger partial charge in [-0.1, -0.05) is 13.0 Å². The number of nitrogens with zero attached hydrogens (tertiary/aromatic N) is 1. The van der Waals surface area contributed by atoms with Crippen LogP contribution in [0.4, 0.5) is 5.69 Å². The number of piperidine rings is 1. The van der Waals surface area contributed by atoms with E-state index < -0.39 is 5.97 Å². The van der Waals surface area contributed by atoms with Crippen molar-refractivity contribution in [2.24, 2.45) is 5.41 Å². The summed E-state index contributed by atoms with van der Waals surface area (Å²) in [7, 11) is 2.16. The maximum Gasteiger partial charge on any atom is 0.335 e. The topological polar surface area (TPSA) is 52.6 Å². The van der Waals surface area contributed by atoms with E-state index in [4.69, 9.17) is 5.11 Å². The van der Waals surface area contributed by atoms with Crippen LogP contribution in [0.1, 0.15) is 30.1 Å². The molecule has 1 fully saturated rings. The van der Waals surface area contributed by atoms with Crippen LogP contribution in [0.3, 0.4) is 0 Å². The summed E-state index contributed by atoms with van der Waals surface area (Å²) in [5, 5.41) is 12.4. The second-order valence-electron chi connectivity index (χ2n) is 5.85. The van der Waals surface area contributed by atoms with Crippen LogP contribution in [0.25, 0.3) is 0 Å². The van der Waals surface area contributed by atoms with E-state index >= 15 is 0 Å². The molecule has 1 aliphatic heterocycles. The number of hydrogen-bond donors (Lipinski definition) is 2. The van der Waals surface area contributed by atoms with Crippen molar-refractivity contribution in [1.29, 1.82) is 0 Å². The fourth-order valence-electron chi connectivity index (χ4n) is 2.41. The van der Waals surface area contributed by atoms with Crippen LogP contribution in [0.5, 0.6) is 0 Å². The first kappa shape index (κ1) is 13.9. The second-order valence-corrected chi connectivity index (χ2v) is 5.85. The number of nitrogens with one attached hydrogen (secondary N) is 1. The minimum absolute atomic E-state index is 0.297. The van der Waals surface area contributed by atoms with E-state index in [-0.39, 0.29) is 0 Å². The van der Waals surface area contributed by atoms with E-state index in [9.17, 15) is 4.79 Å². The molecule has 2 N–H and O–H groups in total. The minimum Gasteiger partial charge on any atom is -0.478 e. The van der Waals surface area contributed by atoms with Gasteiger partial charge in [0.15, 0.2) is 0 Å². The lowest BCUT2D eigenvalue weighted by molar-refractivity contribution is 0.0697. The van der Waals surface area contributed by atoms with Gasteiger partial charge in [-0.3, -0.25) is 0 Å². The van der Waals surface area contributed by atoms with E-state index in [1.54, 1.807) is 18.2 Å². The van der Waals surface area contributed by atoms with Crippen molar-refractivity contribution in [2.75, 3.05) is 32.0 Å². The Hall–Kier alpha value is -1.55. The fraction of sp³-hybridized carbons (Fsp3) is 0.533. The van der Waals surface area contributed by atoms with Gasteiger partial charge in [0.05, 0.1) is 5.56 Å². The van der Waals surface area contributed by atoms with Crippen LogP contribution in [0, 0.1) is 5.41 Å². The summed E-state index contributed by atoms with van der Waals surface area (Å²) in [5.74, 6) is -0.880. The van der Waals surface area contributed by atoms with E-state index in [1.165, 1.54) is 12.8 Å².